The van der Waals surface area contributed by atoms with E-state index in [1.54, 1.807) is 20.2 Å². The van der Waals surface area contributed by atoms with E-state index in [1.165, 1.54) is 17.4 Å². The molecule has 4 N–H and O–H groups in total. The van der Waals surface area contributed by atoms with Gasteiger partial charge in [0.25, 0.3) is 0 Å². The molecule has 1 aromatic heterocycles. The smallest absolute Gasteiger partial charge is 0.235 e. The van der Waals surface area contributed by atoms with Crippen molar-refractivity contribution in [3.05, 3.63) is 41.3 Å². The molecule has 3 fully saturated rings. The average Bonchev–Trinajstić information content (AvgIpc) is 3.47. The first-order valence-corrected chi connectivity index (χ1v) is 14.4. The number of amides is 1. The van der Waals surface area contributed by atoms with Crippen molar-refractivity contribution < 1.29 is 38.6 Å². The lowest BCUT2D eigenvalue weighted by atomic mass is 9.52. The summed E-state index contributed by atoms with van der Waals surface area (Å²) in [5.41, 5.74) is 5.12. The zero-order valence-electron chi connectivity index (χ0n) is 23.7. The van der Waals surface area contributed by atoms with Crippen LogP contribution in [0.15, 0.2) is 29.1 Å². The molecule has 2 saturated carbocycles. The summed E-state index contributed by atoms with van der Waals surface area (Å²) in [6, 6.07) is 2.41. The van der Waals surface area contributed by atoms with Crippen LogP contribution >= 0.6 is 0 Å². The second-order valence-corrected chi connectivity index (χ2v) is 12.4. The van der Waals surface area contributed by atoms with E-state index in [1.807, 2.05) is 6.07 Å². The van der Waals surface area contributed by atoms with Crippen LogP contribution in [0.1, 0.15) is 47.2 Å². The molecule has 2 heterocycles. The second kappa shape index (κ2) is 10.3. The van der Waals surface area contributed by atoms with E-state index in [0.29, 0.717) is 23.2 Å². The van der Waals surface area contributed by atoms with E-state index >= 15 is 0 Å². The van der Waals surface area contributed by atoms with Gasteiger partial charge in [-0.3, -0.25) is 33.8 Å². The number of phenols is 1. The van der Waals surface area contributed by atoms with Gasteiger partial charge in [0.1, 0.15) is 5.75 Å². The number of nitrogens with zero attached hydrogens (tertiary/aromatic N) is 2. The predicted molar refractivity (Wildman–Crippen MR) is 148 cm³/mol. The predicted octanol–water partition coefficient (Wildman–Crippen LogP) is 1.11. The lowest BCUT2D eigenvalue weighted by molar-refractivity contribution is -0.181. The minimum Gasteiger partial charge on any atom is -0.507 e. The van der Waals surface area contributed by atoms with Gasteiger partial charge in [0.05, 0.1) is 30.0 Å². The molecule has 6 atom stereocenters. The van der Waals surface area contributed by atoms with Crippen molar-refractivity contribution in [1.82, 2.24) is 9.80 Å². The Morgan fingerprint density at radius 3 is 2.48 bits per heavy atom. The summed E-state index contributed by atoms with van der Waals surface area (Å²) in [7, 11) is 3.14. The van der Waals surface area contributed by atoms with Crippen molar-refractivity contribution in [2.24, 2.45) is 29.4 Å². The van der Waals surface area contributed by atoms with Crippen LogP contribution in [0.2, 0.25) is 0 Å². The molecule has 0 spiro atoms. The average molecular weight is 578 g/mol. The number of furan rings is 1. The van der Waals surface area contributed by atoms with Gasteiger partial charge in [-0.25, -0.2) is 0 Å². The van der Waals surface area contributed by atoms with Gasteiger partial charge in [-0.05, 0) is 82.0 Å². The lowest BCUT2D eigenvalue weighted by Gasteiger charge is -2.52. The fraction of sp³-hybridized carbons (Fsp3) is 0.516. The Morgan fingerprint density at radius 1 is 1.14 bits per heavy atom. The maximum absolute atomic E-state index is 14.3. The van der Waals surface area contributed by atoms with Gasteiger partial charge in [0.15, 0.2) is 34.7 Å². The fourth-order valence-corrected chi connectivity index (χ4v) is 7.89. The normalized spacial score (nSPS) is 31.6. The topological polar surface area (TPSA) is 171 Å². The maximum atomic E-state index is 14.3. The van der Waals surface area contributed by atoms with E-state index in [2.05, 4.69) is 4.90 Å². The van der Waals surface area contributed by atoms with Gasteiger partial charge < -0.3 is 20.4 Å². The summed E-state index contributed by atoms with van der Waals surface area (Å²) < 4.78 is 5.24. The van der Waals surface area contributed by atoms with Gasteiger partial charge in [-0.15, -0.1) is 0 Å². The van der Waals surface area contributed by atoms with E-state index in [9.17, 15) is 34.2 Å². The van der Waals surface area contributed by atoms with Crippen molar-refractivity contribution >= 4 is 29.0 Å². The largest absolute Gasteiger partial charge is 0.507 e. The number of rotatable bonds is 5. The lowest BCUT2D eigenvalue weighted by Crippen LogP contribution is -2.74. The monoisotopic (exact) mass is 577 g/mol. The van der Waals surface area contributed by atoms with Crippen molar-refractivity contribution in [1.29, 1.82) is 0 Å². The summed E-state index contributed by atoms with van der Waals surface area (Å²) in [6.07, 6.45) is 6.47. The van der Waals surface area contributed by atoms with Crippen LogP contribution in [-0.4, -0.2) is 87.9 Å². The first kappa shape index (κ1) is 28.4. The highest BCUT2D eigenvalue weighted by Crippen LogP contribution is 2.52. The molecule has 1 aromatic carbocycles. The number of benzene rings is 1. The van der Waals surface area contributed by atoms with Crippen LogP contribution in [0, 0.1) is 23.7 Å². The van der Waals surface area contributed by atoms with Crippen LogP contribution in [0.25, 0.3) is 11.1 Å². The first-order chi connectivity index (χ1) is 20.0. The summed E-state index contributed by atoms with van der Waals surface area (Å²) in [5, 5.41) is 23.3. The van der Waals surface area contributed by atoms with Crippen molar-refractivity contribution in [3.8, 4) is 16.9 Å². The van der Waals surface area contributed by atoms with Gasteiger partial charge >= 0.3 is 0 Å². The first-order valence-electron chi connectivity index (χ1n) is 14.4. The Kier molecular flexibility index (Phi) is 6.94. The highest BCUT2D eigenvalue weighted by atomic mass is 16.3. The molecule has 11 heteroatoms. The molecular weight excluding hydrogens is 542 g/mol. The van der Waals surface area contributed by atoms with Crippen molar-refractivity contribution in [3.63, 3.8) is 0 Å². The number of hydrogen-bond acceptors (Lipinski definition) is 10. The number of fused-ring (bicyclic) bond motifs is 3. The highest BCUT2D eigenvalue weighted by Gasteiger charge is 2.69. The highest BCUT2D eigenvalue weighted by molar-refractivity contribution is 6.32. The molecule has 11 nitrogen and oxygen atoms in total. The van der Waals surface area contributed by atoms with E-state index in [4.69, 9.17) is 10.2 Å². The number of phenolic OH excluding ortho intramolecular Hbond substituents is 1. The van der Waals surface area contributed by atoms with Gasteiger partial charge in [-0.2, -0.15) is 0 Å². The van der Waals surface area contributed by atoms with Gasteiger partial charge in [0.2, 0.25) is 5.91 Å². The van der Waals surface area contributed by atoms with Crippen molar-refractivity contribution in [2.45, 2.75) is 50.3 Å². The molecular formula is C31H35N3O8. The molecule has 2 aromatic rings. The van der Waals surface area contributed by atoms with Crippen molar-refractivity contribution in [2.75, 3.05) is 27.2 Å². The molecule has 6 unspecified atom stereocenters. The molecule has 6 rings (SSSR count). The van der Waals surface area contributed by atoms with Crippen LogP contribution < -0.4 is 5.73 Å². The summed E-state index contributed by atoms with van der Waals surface area (Å²) >= 11 is 0. The van der Waals surface area contributed by atoms with E-state index in [-0.39, 0.29) is 24.2 Å². The Morgan fingerprint density at radius 2 is 1.86 bits per heavy atom. The SMILES string of the molecule is CN(C)C1C(=O)C(C(N)=O)C(=O)C2(O)C(=O)C3C(=O)c4c(O)c(-c5ccoc5)cc(CN5CCCCC5)c4CC3CC12. The van der Waals surface area contributed by atoms with Crippen LogP contribution in [0.3, 0.4) is 0 Å². The Hall–Kier alpha value is -3.67. The minimum absolute atomic E-state index is 0.00676. The van der Waals surface area contributed by atoms with Gasteiger partial charge in [-0.1, -0.05) is 6.42 Å². The Bertz CT molecular complexity index is 1490. The number of likely N-dealkylation sites (N-methyl/N-ethyl adjacent to an activating group) is 1. The maximum Gasteiger partial charge on any atom is 0.235 e. The number of primary amides is 1. The van der Waals surface area contributed by atoms with Gasteiger partial charge in [0, 0.05) is 23.6 Å². The number of likely N-dealkylation sites (tertiary alicyclic amines) is 1. The number of ketones is 4. The number of hydrogen-bond donors (Lipinski definition) is 3. The van der Waals surface area contributed by atoms with E-state index < -0.39 is 64.4 Å². The number of nitrogens with two attached hydrogens (primary N) is 1. The molecule has 222 valence electrons. The molecule has 0 bridgehead atoms. The van der Waals surface area contributed by atoms with Crippen LogP contribution in [0.4, 0.5) is 0 Å². The number of carbonyl (C=O) groups excluding carboxylic acids is 5. The third kappa shape index (κ3) is 4.09. The molecule has 1 aliphatic heterocycles. The third-order valence-electron chi connectivity index (χ3n) is 9.83. The second-order valence-electron chi connectivity index (χ2n) is 12.4. The zero-order valence-corrected chi connectivity index (χ0v) is 23.7. The quantitative estimate of drug-likeness (QED) is 0.437. The third-order valence-corrected chi connectivity index (χ3v) is 9.83. The Labute approximate surface area is 242 Å². The number of carbonyl (C=O) groups is 5. The molecule has 3 aliphatic carbocycles. The number of piperidine rings is 1. The molecule has 1 saturated heterocycles. The summed E-state index contributed by atoms with van der Waals surface area (Å²) in [4.78, 5) is 71.2. The number of aromatic hydroxyl groups is 1. The Balaban J connectivity index is 1.48. The van der Waals surface area contributed by atoms with E-state index in [0.717, 1.165) is 37.9 Å². The molecule has 1 amide bonds. The minimum atomic E-state index is -2.74. The van der Waals surface area contributed by atoms with Crippen LogP contribution in [0.5, 0.6) is 5.75 Å². The summed E-state index contributed by atoms with van der Waals surface area (Å²) in [5.74, 6) is -10.5. The molecule has 42 heavy (non-hydrogen) atoms. The molecule has 4 aliphatic rings. The summed E-state index contributed by atoms with van der Waals surface area (Å²) in [6.45, 7) is 2.36. The zero-order chi connectivity index (χ0) is 30.1. The number of aliphatic hydroxyl groups is 1. The fourth-order valence-electron chi connectivity index (χ4n) is 7.89. The standard InChI is InChI=1S/C31H35N3O8/c1-33(2)24-20-12-16-10-18-17(13-34-7-4-3-5-8-34)11-19(15-6-9-42-14-15)25(35)22(18)26(36)21(16)28(38)31(20,41)29(39)23(27(24)37)30(32)40/h6,9,11,14,16,20-21,23-24,35,41H,3-5,7-8,10,12-13H2,1-2H3,(H2,32,40). The van der Waals surface area contributed by atoms with Crippen LogP contribution in [-0.2, 0) is 32.1 Å². The number of Topliss-reactive ketones (excluding diaryl/α,β-unsaturated/α-hetero) is 4. The molecule has 0 radical (unpaired) electrons.